The number of aromatic nitrogens is 1. The lowest BCUT2D eigenvalue weighted by molar-refractivity contribution is 0.102. The number of amides is 1. The van der Waals surface area contributed by atoms with E-state index >= 15 is 0 Å². The van der Waals surface area contributed by atoms with Crippen LogP contribution < -0.4 is 5.32 Å². The zero-order valence-electron chi connectivity index (χ0n) is 10.1. The average Bonchev–Trinajstić information content (AvgIpc) is 2.80. The smallest absolute Gasteiger partial charge is 0.260 e. The molecule has 0 radical (unpaired) electrons. The highest BCUT2D eigenvalue weighted by Gasteiger charge is 2.16. The quantitative estimate of drug-likeness (QED) is 0.732. The van der Waals surface area contributed by atoms with Crippen LogP contribution in [-0.2, 0) is 0 Å². The second-order valence-electron chi connectivity index (χ2n) is 4.04. The molecule has 0 saturated carbocycles. The monoisotopic (exact) mass is 322 g/mol. The molecule has 1 amide bonds. The Morgan fingerprint density at radius 2 is 1.75 bits per heavy atom. The SMILES string of the molecule is O=C(Nc1nc2ccccc2s1)c1c(Cl)cccc1Cl. The molecule has 0 bridgehead atoms. The van der Waals surface area contributed by atoms with Gasteiger partial charge in [0.1, 0.15) is 0 Å². The van der Waals surface area contributed by atoms with Gasteiger partial charge < -0.3 is 0 Å². The molecule has 20 heavy (non-hydrogen) atoms. The number of carbonyl (C=O) groups excluding carboxylic acids is 1. The van der Waals surface area contributed by atoms with Crippen LogP contribution in [0.5, 0.6) is 0 Å². The van der Waals surface area contributed by atoms with E-state index in [4.69, 9.17) is 23.2 Å². The van der Waals surface area contributed by atoms with Crippen LogP contribution in [0.4, 0.5) is 5.13 Å². The van der Waals surface area contributed by atoms with Crippen molar-refractivity contribution in [2.45, 2.75) is 0 Å². The van der Waals surface area contributed by atoms with Gasteiger partial charge in [0.05, 0.1) is 25.8 Å². The molecule has 1 N–H and O–H groups in total. The van der Waals surface area contributed by atoms with E-state index in [2.05, 4.69) is 10.3 Å². The van der Waals surface area contributed by atoms with Gasteiger partial charge in [-0.2, -0.15) is 0 Å². The number of rotatable bonds is 2. The van der Waals surface area contributed by atoms with Crippen LogP contribution in [0.25, 0.3) is 10.2 Å². The predicted octanol–water partition coefficient (Wildman–Crippen LogP) is 4.86. The molecule has 0 saturated heterocycles. The standard InChI is InChI=1S/C14H8Cl2N2OS/c15-8-4-3-5-9(16)12(8)13(19)18-14-17-10-6-1-2-7-11(10)20-14/h1-7H,(H,17,18,19). The van der Waals surface area contributed by atoms with E-state index in [0.717, 1.165) is 10.2 Å². The third kappa shape index (κ3) is 2.50. The maximum absolute atomic E-state index is 12.2. The Hall–Kier alpha value is -1.62. The van der Waals surface area contributed by atoms with Gasteiger partial charge in [-0.25, -0.2) is 4.98 Å². The highest BCUT2D eigenvalue weighted by atomic mass is 35.5. The number of hydrogen-bond donors (Lipinski definition) is 1. The van der Waals surface area contributed by atoms with Crippen LogP contribution in [0.15, 0.2) is 42.5 Å². The Morgan fingerprint density at radius 3 is 2.45 bits per heavy atom. The molecule has 0 unspecified atom stereocenters. The van der Waals surface area contributed by atoms with Crippen molar-refractivity contribution in [2.24, 2.45) is 0 Å². The molecule has 3 nitrogen and oxygen atoms in total. The first-order chi connectivity index (χ1) is 9.65. The maximum atomic E-state index is 12.2. The van der Waals surface area contributed by atoms with Crippen LogP contribution in [-0.4, -0.2) is 10.9 Å². The number of fused-ring (bicyclic) bond motifs is 1. The average molecular weight is 323 g/mol. The van der Waals surface area contributed by atoms with E-state index in [1.165, 1.54) is 11.3 Å². The fourth-order valence-corrected chi connectivity index (χ4v) is 3.23. The van der Waals surface area contributed by atoms with Gasteiger partial charge >= 0.3 is 0 Å². The molecule has 0 aliphatic carbocycles. The molecule has 3 aromatic rings. The van der Waals surface area contributed by atoms with Gasteiger partial charge in [-0.1, -0.05) is 52.7 Å². The van der Waals surface area contributed by atoms with E-state index in [0.29, 0.717) is 15.2 Å². The summed E-state index contributed by atoms with van der Waals surface area (Å²) in [6, 6.07) is 12.6. The molecule has 3 rings (SSSR count). The largest absolute Gasteiger partial charge is 0.298 e. The van der Waals surface area contributed by atoms with Crippen LogP contribution in [0, 0.1) is 0 Å². The number of benzene rings is 2. The maximum Gasteiger partial charge on any atom is 0.260 e. The molecule has 0 fully saturated rings. The van der Waals surface area contributed by atoms with Gasteiger partial charge in [0.25, 0.3) is 5.91 Å². The van der Waals surface area contributed by atoms with E-state index < -0.39 is 0 Å². The molecule has 0 atom stereocenters. The normalized spacial score (nSPS) is 10.7. The first-order valence-corrected chi connectivity index (χ1v) is 7.33. The fraction of sp³-hybridized carbons (Fsp3) is 0. The Labute approximate surface area is 129 Å². The second kappa shape index (κ2) is 5.40. The highest BCUT2D eigenvalue weighted by Crippen LogP contribution is 2.28. The van der Waals surface area contributed by atoms with Crippen molar-refractivity contribution >= 4 is 55.8 Å². The summed E-state index contributed by atoms with van der Waals surface area (Å²) in [5, 5.41) is 3.88. The Balaban J connectivity index is 1.92. The van der Waals surface area contributed by atoms with Gasteiger partial charge in [-0.05, 0) is 24.3 Å². The summed E-state index contributed by atoms with van der Waals surface area (Å²) in [4.78, 5) is 16.6. The summed E-state index contributed by atoms with van der Waals surface area (Å²) in [7, 11) is 0. The molecule has 0 spiro atoms. The fourth-order valence-electron chi connectivity index (χ4n) is 1.80. The number of halogens is 2. The zero-order valence-corrected chi connectivity index (χ0v) is 12.4. The molecule has 1 heterocycles. The van der Waals surface area contributed by atoms with E-state index in [9.17, 15) is 4.79 Å². The summed E-state index contributed by atoms with van der Waals surface area (Å²) in [5.74, 6) is -0.361. The first-order valence-electron chi connectivity index (χ1n) is 5.76. The van der Waals surface area contributed by atoms with Gasteiger partial charge in [0.2, 0.25) is 0 Å². The molecule has 1 aromatic heterocycles. The molecular weight excluding hydrogens is 315 g/mol. The summed E-state index contributed by atoms with van der Waals surface area (Å²) in [6.07, 6.45) is 0. The number of thiazole rings is 1. The number of hydrogen-bond acceptors (Lipinski definition) is 3. The topological polar surface area (TPSA) is 42.0 Å². The van der Waals surface area contributed by atoms with Crippen molar-refractivity contribution in [2.75, 3.05) is 5.32 Å². The van der Waals surface area contributed by atoms with Crippen LogP contribution >= 0.6 is 34.5 Å². The minimum atomic E-state index is -0.361. The number of nitrogens with one attached hydrogen (secondary N) is 1. The van der Waals surface area contributed by atoms with Gasteiger partial charge in [-0.15, -0.1) is 0 Å². The van der Waals surface area contributed by atoms with Crippen LogP contribution in [0.1, 0.15) is 10.4 Å². The van der Waals surface area contributed by atoms with E-state index in [-0.39, 0.29) is 11.5 Å². The Bertz CT molecular complexity index is 747. The Kier molecular flexibility index (Phi) is 3.61. The summed E-state index contributed by atoms with van der Waals surface area (Å²) >= 11 is 13.4. The summed E-state index contributed by atoms with van der Waals surface area (Å²) in [5.41, 5.74) is 1.10. The lowest BCUT2D eigenvalue weighted by Crippen LogP contribution is -2.12. The van der Waals surface area contributed by atoms with Crippen LogP contribution in [0.2, 0.25) is 10.0 Å². The number of carbonyl (C=O) groups is 1. The van der Waals surface area contributed by atoms with Gasteiger partial charge in [0, 0.05) is 0 Å². The predicted molar refractivity (Wildman–Crippen MR) is 84.0 cm³/mol. The van der Waals surface area contributed by atoms with Crippen molar-refractivity contribution in [1.82, 2.24) is 4.98 Å². The molecule has 0 aliphatic rings. The number of anilines is 1. The second-order valence-corrected chi connectivity index (χ2v) is 5.88. The summed E-state index contributed by atoms with van der Waals surface area (Å²) < 4.78 is 1.01. The minimum Gasteiger partial charge on any atom is -0.298 e. The summed E-state index contributed by atoms with van der Waals surface area (Å²) in [6.45, 7) is 0. The molecule has 2 aromatic carbocycles. The lowest BCUT2D eigenvalue weighted by atomic mass is 10.2. The third-order valence-electron chi connectivity index (χ3n) is 2.70. The van der Waals surface area contributed by atoms with Crippen molar-refractivity contribution in [1.29, 1.82) is 0 Å². The first kappa shape index (κ1) is 13.4. The molecule has 6 heteroatoms. The van der Waals surface area contributed by atoms with Crippen LogP contribution in [0.3, 0.4) is 0 Å². The number of nitrogens with zero attached hydrogens (tertiary/aromatic N) is 1. The third-order valence-corrected chi connectivity index (χ3v) is 4.29. The molecule has 0 aliphatic heterocycles. The number of para-hydroxylation sites is 1. The highest BCUT2D eigenvalue weighted by molar-refractivity contribution is 7.22. The van der Waals surface area contributed by atoms with Crippen molar-refractivity contribution in [3.05, 3.63) is 58.1 Å². The van der Waals surface area contributed by atoms with Crippen molar-refractivity contribution in [3.8, 4) is 0 Å². The van der Waals surface area contributed by atoms with Crippen molar-refractivity contribution in [3.63, 3.8) is 0 Å². The molecule has 100 valence electrons. The van der Waals surface area contributed by atoms with Crippen molar-refractivity contribution < 1.29 is 4.79 Å². The Morgan fingerprint density at radius 1 is 1.05 bits per heavy atom. The van der Waals surface area contributed by atoms with E-state index in [1.807, 2.05) is 24.3 Å². The van der Waals surface area contributed by atoms with Gasteiger partial charge in [0.15, 0.2) is 5.13 Å². The lowest BCUT2D eigenvalue weighted by Gasteiger charge is -2.05. The minimum absolute atomic E-state index is 0.259. The van der Waals surface area contributed by atoms with Gasteiger partial charge in [-0.3, -0.25) is 10.1 Å². The van der Waals surface area contributed by atoms with E-state index in [1.54, 1.807) is 18.2 Å². The molecular formula is C14H8Cl2N2OS. The zero-order chi connectivity index (χ0) is 14.1.